The standard InChI is InChI=1S/C19H23N3O4S3/c1-2-22(10-17(23)20-15-8-9-29(25,26)13-15)18(24)12-28-19-21-16(11-27-19)14-6-4-3-5-7-14/h3-7,11,15H,2,8-10,12-13H2,1H3,(H,20,23). The predicted octanol–water partition coefficient (Wildman–Crippen LogP) is 2.05. The van der Waals surface area contributed by atoms with E-state index in [0.717, 1.165) is 15.6 Å². The molecule has 1 fully saturated rings. The molecule has 0 aliphatic carbocycles. The summed E-state index contributed by atoms with van der Waals surface area (Å²) in [7, 11) is -3.05. The van der Waals surface area contributed by atoms with E-state index in [1.807, 2.05) is 42.6 Å². The van der Waals surface area contributed by atoms with E-state index < -0.39 is 9.84 Å². The first kappa shape index (κ1) is 21.8. The maximum Gasteiger partial charge on any atom is 0.239 e. The molecular formula is C19H23N3O4S3. The summed E-state index contributed by atoms with van der Waals surface area (Å²) in [6, 6.07) is 9.48. The fourth-order valence-corrected chi connectivity index (χ4v) is 6.42. The van der Waals surface area contributed by atoms with Crippen LogP contribution in [0.1, 0.15) is 13.3 Å². The van der Waals surface area contributed by atoms with E-state index in [9.17, 15) is 18.0 Å². The minimum absolute atomic E-state index is 0.0253. The van der Waals surface area contributed by atoms with Gasteiger partial charge in [-0.05, 0) is 13.3 Å². The van der Waals surface area contributed by atoms with Gasteiger partial charge in [-0.25, -0.2) is 13.4 Å². The third kappa shape index (κ3) is 6.28. The van der Waals surface area contributed by atoms with Crippen molar-refractivity contribution >= 4 is 44.8 Å². The van der Waals surface area contributed by atoms with Crippen molar-refractivity contribution in [2.75, 3.05) is 30.3 Å². The smallest absolute Gasteiger partial charge is 0.239 e. The molecule has 1 aromatic heterocycles. The minimum atomic E-state index is -3.05. The molecule has 3 rings (SSSR count). The van der Waals surface area contributed by atoms with Gasteiger partial charge in [-0.2, -0.15) is 0 Å². The van der Waals surface area contributed by atoms with Gasteiger partial charge in [0.15, 0.2) is 14.2 Å². The Balaban J connectivity index is 1.48. The number of aromatic nitrogens is 1. The van der Waals surface area contributed by atoms with Gasteiger partial charge in [0.2, 0.25) is 11.8 Å². The molecular weight excluding hydrogens is 430 g/mol. The van der Waals surface area contributed by atoms with Crippen LogP contribution >= 0.6 is 23.1 Å². The Bertz CT molecular complexity index is 960. The van der Waals surface area contributed by atoms with Gasteiger partial charge in [0.1, 0.15) is 0 Å². The summed E-state index contributed by atoms with van der Waals surface area (Å²) >= 11 is 2.84. The summed E-state index contributed by atoms with van der Waals surface area (Å²) in [4.78, 5) is 30.7. The molecule has 0 spiro atoms. The van der Waals surface area contributed by atoms with Crippen molar-refractivity contribution in [1.29, 1.82) is 0 Å². The van der Waals surface area contributed by atoms with Gasteiger partial charge in [-0.1, -0.05) is 42.1 Å². The lowest BCUT2D eigenvalue weighted by Gasteiger charge is -2.21. The van der Waals surface area contributed by atoms with Crippen LogP contribution in [0, 0.1) is 0 Å². The van der Waals surface area contributed by atoms with Crippen LogP contribution in [0.2, 0.25) is 0 Å². The Morgan fingerprint density at radius 1 is 1.31 bits per heavy atom. The molecule has 0 saturated carbocycles. The normalized spacial score (nSPS) is 17.8. The number of carbonyl (C=O) groups is 2. The highest BCUT2D eigenvalue weighted by Gasteiger charge is 2.29. The van der Waals surface area contributed by atoms with Gasteiger partial charge < -0.3 is 10.2 Å². The molecule has 2 aromatic rings. The maximum absolute atomic E-state index is 12.5. The van der Waals surface area contributed by atoms with Crippen LogP contribution in [0.3, 0.4) is 0 Å². The van der Waals surface area contributed by atoms with Gasteiger partial charge in [0.05, 0.1) is 29.5 Å². The van der Waals surface area contributed by atoms with Crippen molar-refractivity contribution in [2.45, 2.75) is 23.7 Å². The molecule has 2 heterocycles. The number of hydrogen-bond acceptors (Lipinski definition) is 7. The quantitative estimate of drug-likeness (QED) is 0.615. The van der Waals surface area contributed by atoms with Crippen LogP contribution in [0.5, 0.6) is 0 Å². The number of nitrogens with one attached hydrogen (secondary N) is 1. The molecule has 2 amide bonds. The Labute approximate surface area is 178 Å². The molecule has 7 nitrogen and oxygen atoms in total. The first-order chi connectivity index (χ1) is 13.9. The van der Waals surface area contributed by atoms with E-state index >= 15 is 0 Å². The first-order valence-electron chi connectivity index (χ1n) is 9.27. The van der Waals surface area contributed by atoms with Crippen LogP contribution in [0.25, 0.3) is 11.3 Å². The highest BCUT2D eigenvalue weighted by atomic mass is 32.2. The molecule has 0 bridgehead atoms. The number of hydrogen-bond donors (Lipinski definition) is 1. The molecule has 0 radical (unpaired) electrons. The summed E-state index contributed by atoms with van der Waals surface area (Å²) < 4.78 is 23.8. The van der Waals surface area contributed by atoms with Gasteiger partial charge in [-0.3, -0.25) is 9.59 Å². The molecule has 1 unspecified atom stereocenters. The number of thiazole rings is 1. The summed E-state index contributed by atoms with van der Waals surface area (Å²) in [5.74, 6) is -0.205. The van der Waals surface area contributed by atoms with E-state index in [2.05, 4.69) is 10.3 Å². The van der Waals surface area contributed by atoms with E-state index in [4.69, 9.17) is 0 Å². The molecule has 1 N–H and O–H groups in total. The number of thioether (sulfide) groups is 1. The first-order valence-corrected chi connectivity index (χ1v) is 13.0. The van der Waals surface area contributed by atoms with E-state index in [-0.39, 0.29) is 41.7 Å². The lowest BCUT2D eigenvalue weighted by molar-refractivity contribution is -0.134. The Kier molecular flexibility index (Phi) is 7.31. The SMILES string of the molecule is CCN(CC(=O)NC1CCS(=O)(=O)C1)C(=O)CSc1nc(-c2ccccc2)cs1. The summed E-state index contributed by atoms with van der Waals surface area (Å²) in [6.45, 7) is 2.15. The zero-order chi connectivity index (χ0) is 20.9. The molecule has 29 heavy (non-hydrogen) atoms. The number of amides is 2. The molecule has 1 aromatic carbocycles. The molecule has 10 heteroatoms. The number of likely N-dealkylation sites (N-methyl/N-ethyl adjacent to an activating group) is 1. The molecule has 156 valence electrons. The second-order valence-corrected chi connectivity index (χ2v) is 11.0. The van der Waals surface area contributed by atoms with Crippen molar-refractivity contribution < 1.29 is 18.0 Å². The minimum Gasteiger partial charge on any atom is -0.351 e. The maximum atomic E-state index is 12.5. The van der Waals surface area contributed by atoms with E-state index in [1.165, 1.54) is 28.0 Å². The van der Waals surface area contributed by atoms with E-state index in [0.29, 0.717) is 13.0 Å². The number of carbonyl (C=O) groups excluding carboxylic acids is 2. The number of sulfone groups is 1. The Hall–Kier alpha value is -1.91. The zero-order valence-corrected chi connectivity index (χ0v) is 18.5. The molecule has 1 atom stereocenters. The van der Waals surface area contributed by atoms with Crippen molar-refractivity contribution in [1.82, 2.24) is 15.2 Å². The summed E-state index contributed by atoms with van der Waals surface area (Å²) in [5.41, 5.74) is 1.91. The van der Waals surface area contributed by atoms with Gasteiger partial charge >= 0.3 is 0 Å². The van der Waals surface area contributed by atoms with E-state index in [1.54, 1.807) is 0 Å². The average molecular weight is 454 g/mol. The van der Waals surface area contributed by atoms with Crippen molar-refractivity contribution in [3.63, 3.8) is 0 Å². The van der Waals surface area contributed by atoms with Crippen molar-refractivity contribution in [3.05, 3.63) is 35.7 Å². The second-order valence-electron chi connectivity index (χ2n) is 6.73. The lowest BCUT2D eigenvalue weighted by atomic mass is 10.2. The van der Waals surface area contributed by atoms with Crippen LogP contribution in [0.4, 0.5) is 0 Å². The van der Waals surface area contributed by atoms with Gasteiger partial charge in [0.25, 0.3) is 0 Å². The fourth-order valence-electron chi connectivity index (χ4n) is 3.01. The van der Waals surface area contributed by atoms with Crippen LogP contribution in [0.15, 0.2) is 40.1 Å². The fraction of sp³-hybridized carbons (Fsp3) is 0.421. The van der Waals surface area contributed by atoms with Crippen LogP contribution in [-0.2, 0) is 19.4 Å². The number of rotatable bonds is 8. The third-order valence-electron chi connectivity index (χ3n) is 4.54. The summed E-state index contributed by atoms with van der Waals surface area (Å²) in [5, 5.41) is 4.68. The van der Waals surface area contributed by atoms with Crippen LogP contribution in [-0.4, -0.2) is 66.5 Å². The topological polar surface area (TPSA) is 96.4 Å². The van der Waals surface area contributed by atoms with Crippen molar-refractivity contribution in [3.8, 4) is 11.3 Å². The predicted molar refractivity (Wildman–Crippen MR) is 116 cm³/mol. The Morgan fingerprint density at radius 2 is 2.07 bits per heavy atom. The zero-order valence-electron chi connectivity index (χ0n) is 16.0. The lowest BCUT2D eigenvalue weighted by Crippen LogP contribution is -2.45. The monoisotopic (exact) mass is 453 g/mol. The van der Waals surface area contributed by atoms with Crippen molar-refractivity contribution in [2.24, 2.45) is 0 Å². The molecule has 1 saturated heterocycles. The highest BCUT2D eigenvalue weighted by Crippen LogP contribution is 2.28. The second kappa shape index (κ2) is 9.73. The summed E-state index contributed by atoms with van der Waals surface area (Å²) in [6.07, 6.45) is 0.428. The number of nitrogens with zero attached hydrogens (tertiary/aromatic N) is 2. The highest BCUT2D eigenvalue weighted by molar-refractivity contribution is 8.01. The third-order valence-corrected chi connectivity index (χ3v) is 8.31. The van der Waals surface area contributed by atoms with Gasteiger partial charge in [0, 0.05) is 23.5 Å². The largest absolute Gasteiger partial charge is 0.351 e. The molecule has 1 aliphatic rings. The number of benzene rings is 1. The average Bonchev–Trinajstić information content (AvgIpc) is 3.31. The Morgan fingerprint density at radius 3 is 2.72 bits per heavy atom. The molecule has 1 aliphatic heterocycles. The van der Waals surface area contributed by atoms with Gasteiger partial charge in [-0.15, -0.1) is 11.3 Å². The van der Waals surface area contributed by atoms with Crippen LogP contribution < -0.4 is 5.32 Å².